The lowest BCUT2D eigenvalue weighted by Gasteiger charge is -2.05. The zero-order chi connectivity index (χ0) is 12.7. The van der Waals surface area contributed by atoms with Crippen molar-refractivity contribution >= 4 is 11.8 Å². The van der Waals surface area contributed by atoms with Crippen molar-refractivity contribution in [2.45, 2.75) is 0 Å². The molecule has 0 atom stereocenters. The van der Waals surface area contributed by atoms with E-state index in [1.165, 1.54) is 0 Å². The third-order valence-electron chi connectivity index (χ3n) is 2.18. The van der Waals surface area contributed by atoms with Crippen molar-refractivity contribution in [1.29, 1.82) is 0 Å². The van der Waals surface area contributed by atoms with Gasteiger partial charge in [0.15, 0.2) is 0 Å². The molecule has 0 heterocycles. The van der Waals surface area contributed by atoms with Crippen LogP contribution >= 0.6 is 0 Å². The summed E-state index contributed by atoms with van der Waals surface area (Å²) >= 11 is 0. The highest BCUT2D eigenvalue weighted by Gasteiger charge is 2.07. The summed E-state index contributed by atoms with van der Waals surface area (Å²) in [5.41, 5.74) is 6.89. The maximum Gasteiger partial charge on any atom is 0.338 e. The van der Waals surface area contributed by atoms with Crippen molar-refractivity contribution in [1.82, 2.24) is 0 Å². The van der Waals surface area contributed by atoms with Crippen LogP contribution in [0, 0.1) is 0 Å². The van der Waals surface area contributed by atoms with E-state index in [0.717, 1.165) is 5.56 Å². The molecule has 0 unspecified atom stereocenters. The third kappa shape index (κ3) is 3.88. The lowest BCUT2D eigenvalue weighted by molar-refractivity contribution is 0.0388. The molecule has 1 aromatic carbocycles. The number of carbonyl (C=O) groups is 1. The minimum atomic E-state index is -0.374. The van der Waals surface area contributed by atoms with Crippen LogP contribution in [0.2, 0.25) is 0 Å². The predicted octanol–water partition coefficient (Wildman–Crippen LogP) is 0.825. The van der Waals surface area contributed by atoms with Crippen LogP contribution in [-0.2, 0) is 9.47 Å². The molecular formula is C12H16N2O3. The molecule has 0 aliphatic carbocycles. The first-order valence-electron chi connectivity index (χ1n) is 5.17. The van der Waals surface area contributed by atoms with Gasteiger partial charge in [0.2, 0.25) is 0 Å². The fourth-order valence-corrected chi connectivity index (χ4v) is 1.21. The van der Waals surface area contributed by atoms with Crippen LogP contribution in [0.1, 0.15) is 15.9 Å². The van der Waals surface area contributed by atoms with Gasteiger partial charge >= 0.3 is 5.97 Å². The monoisotopic (exact) mass is 236 g/mol. The van der Waals surface area contributed by atoms with Crippen LogP contribution in [-0.4, -0.2) is 39.2 Å². The molecule has 2 N–H and O–H groups in total. The van der Waals surface area contributed by atoms with E-state index in [4.69, 9.17) is 15.2 Å². The van der Waals surface area contributed by atoms with E-state index in [-0.39, 0.29) is 12.6 Å². The number of amidine groups is 1. The fourth-order valence-electron chi connectivity index (χ4n) is 1.21. The van der Waals surface area contributed by atoms with Gasteiger partial charge in [-0.3, -0.25) is 4.99 Å². The number of aliphatic imine (C=N–C) groups is 1. The van der Waals surface area contributed by atoms with E-state index in [2.05, 4.69) is 4.99 Å². The van der Waals surface area contributed by atoms with Crippen molar-refractivity contribution in [3.8, 4) is 0 Å². The molecule has 0 bridgehead atoms. The van der Waals surface area contributed by atoms with Crippen molar-refractivity contribution < 1.29 is 14.3 Å². The Morgan fingerprint density at radius 1 is 1.24 bits per heavy atom. The van der Waals surface area contributed by atoms with Gasteiger partial charge in [0, 0.05) is 19.7 Å². The van der Waals surface area contributed by atoms with Crippen LogP contribution in [0.4, 0.5) is 0 Å². The zero-order valence-corrected chi connectivity index (χ0v) is 9.97. The lowest BCUT2D eigenvalue weighted by atomic mass is 10.1. The van der Waals surface area contributed by atoms with E-state index in [1.807, 2.05) is 0 Å². The van der Waals surface area contributed by atoms with Gasteiger partial charge in [-0.1, -0.05) is 12.1 Å². The molecule has 0 aromatic heterocycles. The number of rotatable bonds is 5. The van der Waals surface area contributed by atoms with Gasteiger partial charge in [0.05, 0.1) is 12.2 Å². The minimum absolute atomic E-state index is 0.246. The Kier molecular flexibility index (Phi) is 5.16. The predicted molar refractivity (Wildman–Crippen MR) is 65.2 cm³/mol. The smallest absolute Gasteiger partial charge is 0.338 e. The van der Waals surface area contributed by atoms with Gasteiger partial charge in [-0.2, -0.15) is 0 Å². The third-order valence-corrected chi connectivity index (χ3v) is 2.18. The molecule has 5 nitrogen and oxygen atoms in total. The van der Waals surface area contributed by atoms with Gasteiger partial charge in [-0.25, -0.2) is 4.79 Å². The summed E-state index contributed by atoms with van der Waals surface area (Å²) < 4.78 is 9.75. The average molecular weight is 236 g/mol. The molecule has 0 fully saturated rings. The molecule has 0 aliphatic heterocycles. The summed E-state index contributed by atoms with van der Waals surface area (Å²) in [6.07, 6.45) is 0. The maximum absolute atomic E-state index is 11.5. The number of hydrogen-bond acceptors (Lipinski definition) is 4. The van der Waals surface area contributed by atoms with Gasteiger partial charge in [-0.05, 0) is 12.1 Å². The van der Waals surface area contributed by atoms with Crippen LogP contribution in [0.25, 0.3) is 0 Å². The summed E-state index contributed by atoms with van der Waals surface area (Å²) in [5.74, 6) is 0.0601. The Morgan fingerprint density at radius 3 is 2.35 bits per heavy atom. The van der Waals surface area contributed by atoms with Crippen LogP contribution in [0.3, 0.4) is 0 Å². The Balaban J connectivity index is 2.64. The normalized spacial score (nSPS) is 11.3. The fraction of sp³-hybridized carbons (Fsp3) is 0.333. The van der Waals surface area contributed by atoms with E-state index in [9.17, 15) is 4.79 Å². The van der Waals surface area contributed by atoms with Gasteiger partial charge < -0.3 is 15.2 Å². The molecule has 0 amide bonds. The van der Waals surface area contributed by atoms with Gasteiger partial charge in [-0.15, -0.1) is 0 Å². The molecule has 1 aromatic rings. The van der Waals surface area contributed by atoms with Crippen LogP contribution in [0.15, 0.2) is 29.3 Å². The standard InChI is InChI=1S/C12H16N2O3/c1-14-11(13)9-3-5-10(6-4-9)12(15)17-8-7-16-2/h3-6H,7-8H2,1-2H3,(H2,13,14). The number of hydrogen-bond donors (Lipinski definition) is 1. The second-order valence-electron chi connectivity index (χ2n) is 3.31. The topological polar surface area (TPSA) is 73.9 Å². The Labute approximate surface area is 100 Å². The largest absolute Gasteiger partial charge is 0.460 e. The number of benzene rings is 1. The van der Waals surface area contributed by atoms with Gasteiger partial charge in [0.1, 0.15) is 12.4 Å². The second kappa shape index (κ2) is 6.65. The van der Waals surface area contributed by atoms with E-state index in [1.54, 1.807) is 38.4 Å². The Hall–Kier alpha value is -1.88. The van der Waals surface area contributed by atoms with Crippen molar-refractivity contribution in [3.05, 3.63) is 35.4 Å². The SMILES string of the molecule is CN=C(N)c1ccc(C(=O)OCCOC)cc1. The highest BCUT2D eigenvalue weighted by Crippen LogP contribution is 2.05. The second-order valence-corrected chi connectivity index (χ2v) is 3.31. The molecule has 5 heteroatoms. The highest BCUT2D eigenvalue weighted by molar-refractivity contribution is 5.98. The molecule has 0 saturated heterocycles. The number of ether oxygens (including phenoxy) is 2. The summed E-state index contributed by atoms with van der Waals surface area (Å²) in [6, 6.07) is 6.77. The molecule has 92 valence electrons. The molecule has 0 radical (unpaired) electrons. The summed E-state index contributed by atoms with van der Waals surface area (Å²) in [7, 11) is 3.16. The minimum Gasteiger partial charge on any atom is -0.460 e. The van der Waals surface area contributed by atoms with Crippen molar-refractivity contribution in [2.24, 2.45) is 10.7 Å². The molecule has 17 heavy (non-hydrogen) atoms. The summed E-state index contributed by atoms with van der Waals surface area (Å²) in [5, 5.41) is 0. The summed E-state index contributed by atoms with van der Waals surface area (Å²) in [4.78, 5) is 15.4. The van der Waals surface area contributed by atoms with Crippen molar-refractivity contribution in [2.75, 3.05) is 27.4 Å². The molecule has 1 rings (SSSR count). The molecule has 0 spiro atoms. The van der Waals surface area contributed by atoms with E-state index < -0.39 is 0 Å². The number of nitrogens with two attached hydrogens (primary N) is 1. The van der Waals surface area contributed by atoms with E-state index in [0.29, 0.717) is 18.0 Å². The first-order chi connectivity index (χ1) is 8.19. The zero-order valence-electron chi connectivity index (χ0n) is 9.97. The van der Waals surface area contributed by atoms with Crippen molar-refractivity contribution in [3.63, 3.8) is 0 Å². The first kappa shape index (κ1) is 13.2. The Bertz CT molecular complexity index is 399. The number of nitrogens with zero attached hydrogens (tertiary/aromatic N) is 1. The lowest BCUT2D eigenvalue weighted by Crippen LogP contribution is -2.14. The Morgan fingerprint density at radius 2 is 1.82 bits per heavy atom. The van der Waals surface area contributed by atoms with E-state index >= 15 is 0 Å². The number of methoxy groups -OCH3 is 1. The average Bonchev–Trinajstić information content (AvgIpc) is 2.38. The first-order valence-corrected chi connectivity index (χ1v) is 5.17. The molecule has 0 saturated carbocycles. The number of esters is 1. The highest BCUT2D eigenvalue weighted by atomic mass is 16.6. The molecular weight excluding hydrogens is 220 g/mol. The molecule has 0 aliphatic rings. The number of carbonyl (C=O) groups excluding carboxylic acids is 1. The van der Waals surface area contributed by atoms with Crippen LogP contribution < -0.4 is 5.73 Å². The maximum atomic E-state index is 11.5. The van der Waals surface area contributed by atoms with Crippen LogP contribution in [0.5, 0.6) is 0 Å². The van der Waals surface area contributed by atoms with Gasteiger partial charge in [0.25, 0.3) is 0 Å². The quantitative estimate of drug-likeness (QED) is 0.355. The summed E-state index contributed by atoms with van der Waals surface area (Å²) in [6.45, 7) is 0.634.